The van der Waals surface area contributed by atoms with Gasteiger partial charge >= 0.3 is 23.9 Å². The molecule has 0 radical (unpaired) electrons. The Morgan fingerprint density at radius 3 is 1.74 bits per heavy atom. The highest BCUT2D eigenvalue weighted by Gasteiger charge is 2.52. The van der Waals surface area contributed by atoms with Crippen LogP contribution >= 0.6 is 0 Å². The minimum Gasteiger partial charge on any atom is -0.457 e. The predicted octanol–water partition coefficient (Wildman–Crippen LogP) is 0.251. The van der Waals surface area contributed by atoms with E-state index in [0.717, 1.165) is 0 Å². The number of rotatable bonds is 9. The molecule has 0 saturated carbocycles. The Labute approximate surface area is 203 Å². The number of carbonyl (C=O) groups is 4. The first kappa shape index (κ1) is 28.9. The van der Waals surface area contributed by atoms with Gasteiger partial charge in [-0.3, -0.25) is 19.2 Å². The molecule has 0 spiro atoms. The molecule has 2 aliphatic heterocycles. The van der Waals surface area contributed by atoms with Crippen molar-refractivity contribution in [2.45, 2.75) is 96.3 Å². The van der Waals surface area contributed by atoms with Crippen molar-refractivity contribution in [2.24, 2.45) is 0 Å². The lowest BCUT2D eigenvalue weighted by Gasteiger charge is -2.44. The zero-order valence-electron chi connectivity index (χ0n) is 20.9. The minimum atomic E-state index is -1.22. The van der Waals surface area contributed by atoms with Crippen LogP contribution in [0.3, 0.4) is 0 Å². The smallest absolute Gasteiger partial charge is 0.303 e. The molecule has 200 valence electrons. The maximum absolute atomic E-state index is 11.8. The van der Waals surface area contributed by atoms with Crippen LogP contribution < -0.4 is 0 Å². The van der Waals surface area contributed by atoms with Crippen LogP contribution in [0.4, 0.5) is 0 Å². The zero-order chi connectivity index (χ0) is 26.3. The van der Waals surface area contributed by atoms with Crippen LogP contribution in [0.25, 0.3) is 0 Å². The summed E-state index contributed by atoms with van der Waals surface area (Å²) in [4.78, 5) is 46.7. The number of hydrogen-bond donors (Lipinski definition) is 0. The molecule has 0 aromatic heterocycles. The topological polar surface area (TPSA) is 151 Å². The molecule has 0 bridgehead atoms. The van der Waals surface area contributed by atoms with E-state index in [1.807, 2.05) is 0 Å². The molecule has 0 aromatic carbocycles. The van der Waals surface area contributed by atoms with E-state index in [0.29, 0.717) is 0 Å². The van der Waals surface area contributed by atoms with Gasteiger partial charge in [0.1, 0.15) is 12.2 Å². The fourth-order valence-corrected chi connectivity index (χ4v) is 4.08. The van der Waals surface area contributed by atoms with E-state index in [1.54, 1.807) is 6.92 Å². The molecule has 2 saturated heterocycles. The molecule has 0 N–H and O–H groups in total. The average molecular weight is 507 g/mol. The Bertz CT molecular complexity index is 756. The van der Waals surface area contributed by atoms with E-state index in [1.165, 1.54) is 41.9 Å². The SMILES string of the molecule is CO[C@H]1O[C@H](CO[C@H]2C[C@H](OC)[C@H](OC(C)=O)[C@H](C)O2)[C@@H](OC(C)=O)[C@H](OC(C)=O)[C@H]1OC(C)=O. The number of ether oxygens (including phenoxy) is 9. The van der Waals surface area contributed by atoms with Gasteiger partial charge < -0.3 is 42.6 Å². The molecule has 2 heterocycles. The van der Waals surface area contributed by atoms with Crippen molar-refractivity contribution in [1.29, 1.82) is 0 Å². The number of esters is 4. The maximum atomic E-state index is 11.8. The van der Waals surface area contributed by atoms with E-state index >= 15 is 0 Å². The molecule has 9 atom stereocenters. The van der Waals surface area contributed by atoms with E-state index in [2.05, 4.69) is 0 Å². The van der Waals surface area contributed by atoms with Gasteiger partial charge in [0.25, 0.3) is 0 Å². The van der Waals surface area contributed by atoms with Gasteiger partial charge in [-0.2, -0.15) is 0 Å². The highest BCUT2D eigenvalue weighted by Crippen LogP contribution is 2.31. The summed E-state index contributed by atoms with van der Waals surface area (Å²) in [7, 11) is 2.81. The average Bonchev–Trinajstić information content (AvgIpc) is 2.75. The Hall–Kier alpha value is -2.32. The van der Waals surface area contributed by atoms with E-state index < -0.39 is 79.2 Å². The molecule has 35 heavy (non-hydrogen) atoms. The van der Waals surface area contributed by atoms with Crippen LogP contribution in [-0.2, 0) is 61.8 Å². The van der Waals surface area contributed by atoms with Crippen LogP contribution in [0, 0.1) is 0 Å². The van der Waals surface area contributed by atoms with Crippen LogP contribution in [0.1, 0.15) is 41.0 Å². The Morgan fingerprint density at radius 2 is 1.23 bits per heavy atom. The van der Waals surface area contributed by atoms with Crippen LogP contribution in [0.2, 0.25) is 0 Å². The van der Waals surface area contributed by atoms with E-state index in [-0.39, 0.29) is 13.0 Å². The quantitative estimate of drug-likeness (QED) is 0.311. The van der Waals surface area contributed by atoms with Crippen LogP contribution in [0.5, 0.6) is 0 Å². The van der Waals surface area contributed by atoms with Gasteiger partial charge in [-0.15, -0.1) is 0 Å². The molecule has 0 amide bonds. The molecule has 0 unspecified atom stereocenters. The summed E-state index contributed by atoms with van der Waals surface area (Å²) in [6.45, 7) is 6.36. The largest absolute Gasteiger partial charge is 0.457 e. The van der Waals surface area contributed by atoms with Crippen molar-refractivity contribution >= 4 is 23.9 Å². The van der Waals surface area contributed by atoms with Crippen LogP contribution in [-0.4, -0.2) is 100 Å². The lowest BCUT2D eigenvalue weighted by Crippen LogP contribution is -2.63. The van der Waals surface area contributed by atoms with Crippen molar-refractivity contribution in [3.05, 3.63) is 0 Å². The summed E-state index contributed by atoms with van der Waals surface area (Å²) in [6, 6.07) is 0. The third-order valence-electron chi connectivity index (χ3n) is 5.40. The summed E-state index contributed by atoms with van der Waals surface area (Å²) in [6.07, 6.45) is -7.90. The number of methoxy groups -OCH3 is 2. The molecule has 0 aliphatic carbocycles. The van der Waals surface area contributed by atoms with E-state index in [9.17, 15) is 19.2 Å². The first-order valence-corrected chi connectivity index (χ1v) is 11.1. The zero-order valence-corrected chi connectivity index (χ0v) is 20.9. The fraction of sp³-hybridized carbons (Fsp3) is 0.818. The monoisotopic (exact) mass is 506 g/mol. The van der Waals surface area contributed by atoms with Gasteiger partial charge in [0.05, 0.1) is 12.7 Å². The van der Waals surface area contributed by atoms with Crippen molar-refractivity contribution in [2.75, 3.05) is 20.8 Å². The first-order chi connectivity index (χ1) is 16.5. The van der Waals surface area contributed by atoms with Crippen molar-refractivity contribution in [3.63, 3.8) is 0 Å². The molecule has 2 rings (SSSR count). The lowest BCUT2D eigenvalue weighted by molar-refractivity contribution is -0.316. The number of carbonyl (C=O) groups excluding carboxylic acids is 4. The molecule has 13 heteroatoms. The molecular formula is C22H34O13. The summed E-state index contributed by atoms with van der Waals surface area (Å²) in [5, 5.41) is 0. The highest BCUT2D eigenvalue weighted by molar-refractivity contribution is 5.68. The lowest BCUT2D eigenvalue weighted by atomic mass is 9.98. The summed E-state index contributed by atoms with van der Waals surface area (Å²) < 4.78 is 49.7. The van der Waals surface area contributed by atoms with Gasteiger partial charge in [-0.1, -0.05) is 0 Å². The van der Waals surface area contributed by atoms with Gasteiger partial charge in [-0.05, 0) is 6.92 Å². The van der Waals surface area contributed by atoms with Crippen LogP contribution in [0.15, 0.2) is 0 Å². The van der Waals surface area contributed by atoms with Gasteiger partial charge in [-0.25, -0.2) is 0 Å². The molecular weight excluding hydrogens is 472 g/mol. The molecule has 13 nitrogen and oxygen atoms in total. The highest BCUT2D eigenvalue weighted by atomic mass is 16.7. The fourth-order valence-electron chi connectivity index (χ4n) is 4.08. The third kappa shape index (κ3) is 8.10. The molecule has 2 fully saturated rings. The van der Waals surface area contributed by atoms with Gasteiger partial charge in [0, 0.05) is 48.3 Å². The van der Waals surface area contributed by atoms with Gasteiger partial charge in [0.15, 0.2) is 37.0 Å². The second kappa shape index (κ2) is 13.1. The number of hydrogen-bond acceptors (Lipinski definition) is 13. The standard InChI is InChI=1S/C22H34O13/c1-10-18(31-11(2)23)15(27-6)8-17(30-10)29-9-16-19(32-12(3)24)20(33-13(4)25)21(34-14(5)26)22(28-7)35-16/h10,15-22H,8-9H2,1-7H3/t10-,15-,16+,17+,18+,19+,20-,21+,22-/m0/s1. The van der Waals surface area contributed by atoms with Gasteiger partial charge in [0.2, 0.25) is 0 Å². The Kier molecular flexibility index (Phi) is 10.8. The van der Waals surface area contributed by atoms with Crippen molar-refractivity contribution in [1.82, 2.24) is 0 Å². The minimum absolute atomic E-state index is 0.172. The first-order valence-electron chi connectivity index (χ1n) is 11.1. The second-order valence-electron chi connectivity index (χ2n) is 8.19. The molecule has 2 aliphatic rings. The summed E-state index contributed by atoms with van der Waals surface area (Å²) >= 11 is 0. The predicted molar refractivity (Wildman–Crippen MR) is 114 cm³/mol. The normalized spacial score (nSPS) is 35.0. The maximum Gasteiger partial charge on any atom is 0.303 e. The summed E-state index contributed by atoms with van der Waals surface area (Å²) in [5.41, 5.74) is 0. The third-order valence-corrected chi connectivity index (χ3v) is 5.40. The Balaban J connectivity index is 2.20. The molecule has 0 aromatic rings. The second-order valence-corrected chi connectivity index (χ2v) is 8.19. The summed E-state index contributed by atoms with van der Waals surface area (Å²) in [5.74, 6) is -2.50. The van der Waals surface area contributed by atoms with E-state index in [4.69, 9.17) is 42.6 Å². The van der Waals surface area contributed by atoms with Crippen molar-refractivity contribution < 1.29 is 61.8 Å². The Morgan fingerprint density at radius 1 is 0.714 bits per heavy atom. The van der Waals surface area contributed by atoms with Crippen molar-refractivity contribution in [3.8, 4) is 0 Å².